The summed E-state index contributed by atoms with van der Waals surface area (Å²) in [5.74, 6) is 0.955. The molecule has 22 heavy (non-hydrogen) atoms. The van der Waals surface area contributed by atoms with Crippen molar-refractivity contribution in [3.63, 3.8) is 0 Å². The Bertz CT molecular complexity index is 823. The van der Waals surface area contributed by atoms with Gasteiger partial charge in [-0.2, -0.15) is 0 Å². The Kier molecular flexibility index (Phi) is 3.40. The number of fused-ring (bicyclic) bond motifs is 2. The molecule has 1 unspecified atom stereocenters. The van der Waals surface area contributed by atoms with Gasteiger partial charge in [-0.05, 0) is 53.9 Å². The van der Waals surface area contributed by atoms with Gasteiger partial charge in [0.2, 0.25) is 0 Å². The summed E-state index contributed by atoms with van der Waals surface area (Å²) in [6, 6.07) is 15.1. The van der Waals surface area contributed by atoms with Crippen LogP contribution in [-0.2, 0) is 6.54 Å². The highest BCUT2D eigenvalue weighted by Crippen LogP contribution is 2.34. The van der Waals surface area contributed by atoms with E-state index in [0.717, 1.165) is 18.8 Å². The SMILES string of the molecule is Cc1ccc2cc(OC3CN(C)Cc4ccsc43)ccc2c1. The first kappa shape index (κ1) is 13.8. The molecule has 1 aromatic heterocycles. The van der Waals surface area contributed by atoms with Gasteiger partial charge in [0.25, 0.3) is 0 Å². The van der Waals surface area contributed by atoms with Crippen LogP contribution in [0, 0.1) is 6.92 Å². The first-order valence-corrected chi connectivity index (χ1v) is 8.49. The highest BCUT2D eigenvalue weighted by Gasteiger charge is 2.26. The van der Waals surface area contributed by atoms with Gasteiger partial charge in [0.15, 0.2) is 0 Å². The van der Waals surface area contributed by atoms with Crippen molar-refractivity contribution in [3.8, 4) is 5.75 Å². The molecule has 3 aromatic rings. The van der Waals surface area contributed by atoms with Gasteiger partial charge in [0.1, 0.15) is 11.9 Å². The van der Waals surface area contributed by atoms with E-state index in [4.69, 9.17) is 4.74 Å². The van der Waals surface area contributed by atoms with Crippen LogP contribution in [0.4, 0.5) is 0 Å². The van der Waals surface area contributed by atoms with Crippen LogP contribution in [-0.4, -0.2) is 18.5 Å². The highest BCUT2D eigenvalue weighted by molar-refractivity contribution is 7.10. The normalized spacial score (nSPS) is 18.4. The van der Waals surface area contributed by atoms with Gasteiger partial charge < -0.3 is 4.74 Å². The predicted molar refractivity (Wildman–Crippen MR) is 92.7 cm³/mol. The van der Waals surface area contributed by atoms with Gasteiger partial charge in [0.05, 0.1) is 4.88 Å². The fourth-order valence-electron chi connectivity index (χ4n) is 3.15. The average molecular weight is 309 g/mol. The summed E-state index contributed by atoms with van der Waals surface area (Å²) in [4.78, 5) is 3.70. The standard InChI is InChI=1S/C19H19NOS/c1-13-3-4-15-10-17(6-5-14(15)9-13)21-18-12-20(2)11-16-7-8-22-19(16)18/h3-10,18H,11-12H2,1-2H3. The molecule has 0 aliphatic carbocycles. The molecule has 3 heteroatoms. The minimum absolute atomic E-state index is 0.136. The zero-order chi connectivity index (χ0) is 15.1. The summed E-state index contributed by atoms with van der Waals surface area (Å²) in [5, 5.41) is 4.67. The van der Waals surface area contributed by atoms with E-state index in [1.165, 1.54) is 26.8 Å². The van der Waals surface area contributed by atoms with Gasteiger partial charge >= 0.3 is 0 Å². The molecule has 0 fully saturated rings. The zero-order valence-corrected chi connectivity index (χ0v) is 13.7. The van der Waals surface area contributed by atoms with E-state index in [1.54, 1.807) is 0 Å². The molecule has 2 nitrogen and oxygen atoms in total. The number of rotatable bonds is 2. The molecule has 1 aliphatic heterocycles. The van der Waals surface area contributed by atoms with E-state index in [9.17, 15) is 0 Å². The molecule has 0 amide bonds. The van der Waals surface area contributed by atoms with E-state index < -0.39 is 0 Å². The van der Waals surface area contributed by atoms with Crippen LogP contribution in [0.2, 0.25) is 0 Å². The number of benzene rings is 2. The zero-order valence-electron chi connectivity index (χ0n) is 12.9. The second-order valence-electron chi connectivity index (χ2n) is 6.13. The third-order valence-corrected chi connectivity index (χ3v) is 5.29. The molecule has 0 saturated heterocycles. The lowest BCUT2D eigenvalue weighted by Gasteiger charge is -2.30. The van der Waals surface area contributed by atoms with E-state index in [0.29, 0.717) is 0 Å². The van der Waals surface area contributed by atoms with Crippen molar-refractivity contribution >= 4 is 22.1 Å². The van der Waals surface area contributed by atoms with Crippen LogP contribution in [0.3, 0.4) is 0 Å². The molecule has 0 radical (unpaired) electrons. The van der Waals surface area contributed by atoms with Crippen molar-refractivity contribution in [3.05, 3.63) is 63.8 Å². The summed E-state index contributed by atoms with van der Waals surface area (Å²) in [7, 11) is 2.15. The van der Waals surface area contributed by atoms with Crippen molar-refractivity contribution in [2.24, 2.45) is 0 Å². The summed E-state index contributed by atoms with van der Waals surface area (Å²) in [6.07, 6.45) is 0.136. The molecule has 2 heterocycles. The van der Waals surface area contributed by atoms with Gasteiger partial charge in [-0.1, -0.05) is 29.8 Å². The largest absolute Gasteiger partial charge is 0.484 e. The van der Waals surface area contributed by atoms with Gasteiger partial charge in [0, 0.05) is 13.1 Å². The third-order valence-electron chi connectivity index (χ3n) is 4.24. The number of aryl methyl sites for hydroxylation is 1. The highest BCUT2D eigenvalue weighted by atomic mass is 32.1. The molecule has 0 saturated carbocycles. The Morgan fingerprint density at radius 2 is 1.91 bits per heavy atom. The lowest BCUT2D eigenvalue weighted by Crippen LogP contribution is -2.31. The molecule has 4 rings (SSSR count). The summed E-state index contributed by atoms with van der Waals surface area (Å²) in [6.45, 7) is 4.09. The van der Waals surface area contributed by atoms with Crippen LogP contribution in [0.15, 0.2) is 47.8 Å². The second kappa shape index (κ2) is 5.41. The van der Waals surface area contributed by atoms with Crippen molar-refractivity contribution in [1.29, 1.82) is 0 Å². The van der Waals surface area contributed by atoms with Gasteiger partial charge in [-0.25, -0.2) is 0 Å². The lowest BCUT2D eigenvalue weighted by molar-refractivity contribution is 0.133. The molecular formula is C19H19NOS. The van der Waals surface area contributed by atoms with Crippen molar-refractivity contribution in [1.82, 2.24) is 4.90 Å². The first-order chi connectivity index (χ1) is 10.7. The predicted octanol–water partition coefficient (Wildman–Crippen LogP) is 4.78. The number of ether oxygens (including phenoxy) is 1. The van der Waals surface area contributed by atoms with Gasteiger partial charge in [-0.3, -0.25) is 4.90 Å². The molecule has 0 N–H and O–H groups in total. The quantitative estimate of drug-likeness (QED) is 0.676. The summed E-state index contributed by atoms with van der Waals surface area (Å²) in [5.41, 5.74) is 2.69. The topological polar surface area (TPSA) is 12.5 Å². The van der Waals surface area contributed by atoms with Crippen LogP contribution in [0.25, 0.3) is 10.8 Å². The van der Waals surface area contributed by atoms with E-state index in [-0.39, 0.29) is 6.10 Å². The van der Waals surface area contributed by atoms with Crippen LogP contribution < -0.4 is 4.74 Å². The lowest BCUT2D eigenvalue weighted by atomic mass is 10.1. The van der Waals surface area contributed by atoms with Gasteiger partial charge in [-0.15, -0.1) is 11.3 Å². The van der Waals surface area contributed by atoms with Crippen molar-refractivity contribution in [2.75, 3.05) is 13.6 Å². The molecule has 112 valence electrons. The average Bonchev–Trinajstić information content (AvgIpc) is 2.95. The second-order valence-corrected chi connectivity index (χ2v) is 7.07. The van der Waals surface area contributed by atoms with Crippen molar-refractivity contribution < 1.29 is 4.74 Å². The van der Waals surface area contributed by atoms with Crippen molar-refractivity contribution in [2.45, 2.75) is 19.6 Å². The molecule has 0 spiro atoms. The summed E-state index contributed by atoms with van der Waals surface area (Å²) < 4.78 is 6.32. The summed E-state index contributed by atoms with van der Waals surface area (Å²) >= 11 is 1.81. The number of hydrogen-bond acceptors (Lipinski definition) is 3. The van der Waals surface area contributed by atoms with Crippen LogP contribution in [0.5, 0.6) is 5.75 Å². The minimum Gasteiger partial charge on any atom is -0.484 e. The Morgan fingerprint density at radius 1 is 1.09 bits per heavy atom. The minimum atomic E-state index is 0.136. The molecule has 2 aromatic carbocycles. The Morgan fingerprint density at radius 3 is 2.82 bits per heavy atom. The van der Waals surface area contributed by atoms with E-state index in [1.807, 2.05) is 11.3 Å². The molecule has 1 aliphatic rings. The molecule has 0 bridgehead atoms. The number of hydrogen-bond donors (Lipinski definition) is 0. The number of likely N-dealkylation sites (N-methyl/N-ethyl adjacent to an activating group) is 1. The molecule has 1 atom stereocenters. The fourth-order valence-corrected chi connectivity index (χ4v) is 4.09. The van der Waals surface area contributed by atoms with Crippen LogP contribution >= 0.6 is 11.3 Å². The maximum atomic E-state index is 6.32. The number of nitrogens with zero attached hydrogens (tertiary/aromatic N) is 1. The smallest absolute Gasteiger partial charge is 0.146 e. The maximum absolute atomic E-state index is 6.32. The molecular weight excluding hydrogens is 290 g/mol. The third kappa shape index (κ3) is 2.51. The number of thiophene rings is 1. The first-order valence-electron chi connectivity index (χ1n) is 7.61. The van der Waals surface area contributed by atoms with Crippen LogP contribution in [0.1, 0.15) is 22.1 Å². The fraction of sp³-hybridized carbons (Fsp3) is 0.263. The Hall–Kier alpha value is -1.84. The monoisotopic (exact) mass is 309 g/mol. The van der Waals surface area contributed by atoms with E-state index >= 15 is 0 Å². The van der Waals surface area contributed by atoms with E-state index in [2.05, 4.69) is 66.7 Å². The Labute approximate surface area is 135 Å². The Balaban J connectivity index is 1.65. The maximum Gasteiger partial charge on any atom is 0.146 e.